The van der Waals surface area contributed by atoms with Gasteiger partial charge < -0.3 is 17.2 Å². The molecule has 0 saturated carbocycles. The maximum absolute atomic E-state index is 11.4. The van der Waals surface area contributed by atoms with Gasteiger partial charge in [0.2, 0.25) is 0 Å². The molecule has 11 nitrogen and oxygen atoms in total. The first-order valence-corrected chi connectivity index (χ1v) is 10.9. The number of nitrogens with two attached hydrogens (primary N) is 3. The second kappa shape index (κ2) is 10.6. The van der Waals surface area contributed by atoms with Gasteiger partial charge in [0.05, 0.1) is 41.6 Å². The molecule has 186 valence electrons. The predicted molar refractivity (Wildman–Crippen MR) is 136 cm³/mol. The van der Waals surface area contributed by atoms with Crippen LogP contribution in [0.4, 0.5) is 17.3 Å². The number of hydrogen-bond donors (Lipinski definition) is 3. The van der Waals surface area contributed by atoms with Crippen LogP contribution in [0.1, 0.15) is 42.4 Å². The van der Waals surface area contributed by atoms with Crippen LogP contribution in [0, 0.1) is 11.3 Å². The van der Waals surface area contributed by atoms with E-state index in [1.807, 2.05) is 36.4 Å². The summed E-state index contributed by atoms with van der Waals surface area (Å²) in [7, 11) is 1.25. The Kier molecular flexibility index (Phi) is 7.61. The number of carbonyl (C=O) groups excluding carboxylic acids is 1. The van der Waals surface area contributed by atoms with E-state index < -0.39 is 5.97 Å². The van der Waals surface area contributed by atoms with E-state index in [-0.39, 0.29) is 11.2 Å². The Hall–Kier alpha value is -4.82. The highest BCUT2D eigenvalue weighted by atomic mass is 17.2. The number of nitrogen functional groups attached to an aromatic ring is 3. The molecule has 2 heterocycles. The number of anilines is 3. The van der Waals surface area contributed by atoms with Crippen molar-refractivity contribution in [1.82, 2.24) is 19.6 Å². The second-order valence-electron chi connectivity index (χ2n) is 8.70. The SMILES string of the molecule is CC(C)(C)c1nn(-c2ccccc2)c(N)c1N.COOC(=O)c1ccc(-n2ncc(C#N)c2N)cc1. The van der Waals surface area contributed by atoms with Gasteiger partial charge in [0, 0.05) is 5.41 Å². The van der Waals surface area contributed by atoms with Crippen LogP contribution in [-0.4, -0.2) is 32.6 Å². The Morgan fingerprint density at radius 3 is 2.06 bits per heavy atom. The van der Waals surface area contributed by atoms with Crippen LogP contribution < -0.4 is 17.2 Å². The standard InChI is InChI=1S/C13H18N4.C12H10N4O3/c1-13(2,3)11-10(14)12(15)17(16-11)9-7-5-4-6-8-9;1-18-19-12(17)8-2-4-10(5-3-8)16-11(14)9(6-13)7-15-16/h4-8H,14-15H2,1-3H3;2-5,7H,14H2,1H3. The van der Waals surface area contributed by atoms with Crippen molar-refractivity contribution in [3.05, 3.63) is 77.6 Å². The zero-order chi connectivity index (χ0) is 26.5. The summed E-state index contributed by atoms with van der Waals surface area (Å²) in [5, 5.41) is 17.3. The molecule has 4 aromatic rings. The molecular formula is C25H28N8O3. The minimum atomic E-state index is -0.597. The number of nitrogens with zero attached hydrogens (tertiary/aromatic N) is 5. The highest BCUT2D eigenvalue weighted by Crippen LogP contribution is 2.32. The summed E-state index contributed by atoms with van der Waals surface area (Å²) in [4.78, 5) is 20.0. The van der Waals surface area contributed by atoms with E-state index in [9.17, 15) is 4.79 Å². The van der Waals surface area contributed by atoms with Crippen LogP contribution in [-0.2, 0) is 15.2 Å². The van der Waals surface area contributed by atoms with Gasteiger partial charge in [-0.1, -0.05) is 39.0 Å². The number of hydrogen-bond acceptors (Lipinski definition) is 9. The molecule has 6 N–H and O–H groups in total. The third-order valence-electron chi connectivity index (χ3n) is 5.10. The summed E-state index contributed by atoms with van der Waals surface area (Å²) in [5.41, 5.74) is 21.3. The van der Waals surface area contributed by atoms with Gasteiger partial charge in [-0.3, -0.25) is 4.89 Å². The lowest BCUT2D eigenvalue weighted by atomic mass is 9.91. The molecule has 0 aliphatic carbocycles. The number of rotatable bonds is 4. The van der Waals surface area contributed by atoms with E-state index in [1.165, 1.54) is 18.0 Å². The van der Waals surface area contributed by atoms with Gasteiger partial charge >= 0.3 is 5.97 Å². The van der Waals surface area contributed by atoms with Crippen LogP contribution in [0.3, 0.4) is 0 Å². The molecule has 0 amide bonds. The first kappa shape index (κ1) is 25.8. The molecule has 0 atom stereocenters. The predicted octanol–water partition coefficient (Wildman–Crippen LogP) is 3.38. The Morgan fingerprint density at radius 1 is 0.944 bits per heavy atom. The molecule has 0 bridgehead atoms. The molecule has 0 aliphatic heterocycles. The monoisotopic (exact) mass is 488 g/mol. The molecular weight excluding hydrogens is 460 g/mol. The zero-order valence-corrected chi connectivity index (χ0v) is 20.5. The molecule has 36 heavy (non-hydrogen) atoms. The van der Waals surface area contributed by atoms with Gasteiger partial charge in [-0.2, -0.15) is 20.3 Å². The van der Waals surface area contributed by atoms with Gasteiger partial charge in [-0.25, -0.2) is 14.2 Å². The molecule has 0 radical (unpaired) electrons. The van der Waals surface area contributed by atoms with Crippen molar-refractivity contribution >= 4 is 23.3 Å². The minimum absolute atomic E-state index is 0.113. The van der Waals surface area contributed by atoms with E-state index in [4.69, 9.17) is 22.5 Å². The first-order chi connectivity index (χ1) is 17.1. The van der Waals surface area contributed by atoms with E-state index in [0.29, 0.717) is 28.3 Å². The molecule has 0 aliphatic rings. The molecule has 4 rings (SSSR count). The summed E-state index contributed by atoms with van der Waals surface area (Å²) < 4.78 is 3.10. The number of para-hydroxylation sites is 1. The second-order valence-corrected chi connectivity index (χ2v) is 8.70. The highest BCUT2D eigenvalue weighted by molar-refractivity contribution is 5.89. The fourth-order valence-electron chi connectivity index (χ4n) is 3.28. The Morgan fingerprint density at radius 2 is 1.56 bits per heavy atom. The quantitative estimate of drug-likeness (QED) is 0.287. The van der Waals surface area contributed by atoms with Crippen LogP contribution >= 0.6 is 0 Å². The fraction of sp³-hybridized carbons (Fsp3) is 0.200. The van der Waals surface area contributed by atoms with Crippen molar-refractivity contribution in [2.45, 2.75) is 26.2 Å². The summed E-state index contributed by atoms with van der Waals surface area (Å²) in [6, 6.07) is 18.1. The lowest BCUT2D eigenvalue weighted by Gasteiger charge is -2.15. The maximum atomic E-state index is 11.4. The smallest absolute Gasteiger partial charge is 0.373 e. The van der Waals surface area contributed by atoms with Crippen molar-refractivity contribution in [1.29, 1.82) is 5.26 Å². The van der Waals surface area contributed by atoms with Crippen LogP contribution in [0.2, 0.25) is 0 Å². The maximum Gasteiger partial charge on any atom is 0.373 e. The summed E-state index contributed by atoms with van der Waals surface area (Å²) >= 11 is 0. The average Bonchev–Trinajstić information content (AvgIpc) is 3.39. The third kappa shape index (κ3) is 5.45. The zero-order valence-electron chi connectivity index (χ0n) is 20.5. The van der Waals surface area contributed by atoms with Crippen LogP contribution in [0.5, 0.6) is 0 Å². The molecule has 0 unspecified atom stereocenters. The van der Waals surface area contributed by atoms with E-state index in [0.717, 1.165) is 11.4 Å². The fourth-order valence-corrected chi connectivity index (χ4v) is 3.28. The third-order valence-corrected chi connectivity index (χ3v) is 5.10. The van der Waals surface area contributed by atoms with Gasteiger partial charge in [0.15, 0.2) is 5.82 Å². The van der Waals surface area contributed by atoms with Crippen molar-refractivity contribution in [2.75, 3.05) is 24.3 Å². The molecule has 0 fully saturated rings. The van der Waals surface area contributed by atoms with E-state index in [2.05, 4.69) is 40.7 Å². The lowest BCUT2D eigenvalue weighted by Crippen LogP contribution is -2.14. The lowest BCUT2D eigenvalue weighted by molar-refractivity contribution is -0.216. The van der Waals surface area contributed by atoms with E-state index >= 15 is 0 Å². The molecule has 11 heteroatoms. The van der Waals surface area contributed by atoms with Gasteiger partial charge in [0.25, 0.3) is 0 Å². The Bertz CT molecular complexity index is 1380. The average molecular weight is 489 g/mol. The Balaban J connectivity index is 0.000000202. The number of carbonyl (C=O) groups is 1. The normalized spacial score (nSPS) is 10.8. The van der Waals surface area contributed by atoms with E-state index in [1.54, 1.807) is 28.9 Å². The van der Waals surface area contributed by atoms with Crippen molar-refractivity contribution in [3.63, 3.8) is 0 Å². The number of aromatic nitrogens is 4. The largest absolute Gasteiger partial charge is 0.394 e. The molecule has 0 saturated heterocycles. The minimum Gasteiger partial charge on any atom is -0.394 e. The first-order valence-electron chi connectivity index (χ1n) is 10.9. The summed E-state index contributed by atoms with van der Waals surface area (Å²) in [6.45, 7) is 6.21. The van der Waals surface area contributed by atoms with Crippen molar-refractivity contribution in [3.8, 4) is 17.4 Å². The van der Waals surface area contributed by atoms with Crippen LogP contribution in [0.15, 0.2) is 60.8 Å². The molecule has 2 aromatic carbocycles. The van der Waals surface area contributed by atoms with Crippen molar-refractivity contribution in [2.24, 2.45) is 0 Å². The highest BCUT2D eigenvalue weighted by Gasteiger charge is 2.24. The van der Waals surface area contributed by atoms with Gasteiger partial charge in [-0.15, -0.1) is 0 Å². The summed E-state index contributed by atoms with van der Waals surface area (Å²) in [6.07, 6.45) is 1.38. The Labute approximate surface area is 208 Å². The summed E-state index contributed by atoms with van der Waals surface area (Å²) in [5.74, 6) is 0.149. The van der Waals surface area contributed by atoms with Gasteiger partial charge in [-0.05, 0) is 36.4 Å². The number of benzene rings is 2. The number of nitriles is 1. The van der Waals surface area contributed by atoms with Crippen molar-refractivity contribution < 1.29 is 14.6 Å². The topological polar surface area (TPSA) is 173 Å². The molecule has 2 aromatic heterocycles. The van der Waals surface area contributed by atoms with Crippen LogP contribution in [0.25, 0.3) is 11.4 Å². The molecule has 0 spiro atoms. The van der Waals surface area contributed by atoms with Gasteiger partial charge in [0.1, 0.15) is 17.5 Å².